The van der Waals surface area contributed by atoms with Gasteiger partial charge in [-0.3, -0.25) is 0 Å². The van der Waals surface area contributed by atoms with Gasteiger partial charge in [0, 0.05) is 15.6 Å². The highest BCUT2D eigenvalue weighted by Gasteiger charge is 1.96. The summed E-state index contributed by atoms with van der Waals surface area (Å²) in [5, 5.41) is 1.49. The van der Waals surface area contributed by atoms with Crippen LogP contribution in [0.25, 0.3) is 24.3 Å². The van der Waals surface area contributed by atoms with Crippen LogP contribution in [-0.4, -0.2) is 0 Å². The van der Waals surface area contributed by atoms with Crippen LogP contribution in [0.15, 0.2) is 97.1 Å². The molecule has 0 saturated heterocycles. The van der Waals surface area contributed by atoms with Gasteiger partial charge in [0.05, 0.1) is 0 Å². The highest BCUT2D eigenvalue weighted by Crippen LogP contribution is 2.19. The van der Waals surface area contributed by atoms with Crippen LogP contribution < -0.4 is 0 Å². The maximum atomic E-state index is 13.2. The van der Waals surface area contributed by atoms with Gasteiger partial charge >= 0.3 is 0 Å². The van der Waals surface area contributed by atoms with Crippen LogP contribution in [0, 0.1) is 11.6 Å². The molecular weight excluding hydrogens is 445 g/mol. The van der Waals surface area contributed by atoms with E-state index in [0.29, 0.717) is 11.1 Å². The molecule has 0 aliphatic carbocycles. The summed E-state index contributed by atoms with van der Waals surface area (Å²) in [6, 6.07) is 28.0. The highest BCUT2D eigenvalue weighted by atomic mass is 35.5. The van der Waals surface area contributed by atoms with E-state index in [1.807, 2.05) is 60.7 Å². The lowest BCUT2D eigenvalue weighted by molar-refractivity contribution is 0.625. The second-order valence-electron chi connectivity index (χ2n) is 6.82. The normalized spacial score (nSPS) is 10.9. The predicted octanol–water partition coefficient (Wildman–Crippen LogP) is 9.30. The van der Waals surface area contributed by atoms with E-state index in [1.54, 1.807) is 42.5 Å². The van der Waals surface area contributed by atoms with Crippen molar-refractivity contribution in [1.82, 2.24) is 0 Å². The average Bonchev–Trinajstić information content (AvgIpc) is 2.79. The van der Waals surface area contributed by atoms with E-state index in [9.17, 15) is 8.78 Å². The fourth-order valence-electron chi connectivity index (χ4n) is 2.81. The van der Waals surface area contributed by atoms with Gasteiger partial charge in [-0.2, -0.15) is 0 Å². The van der Waals surface area contributed by atoms with Gasteiger partial charge in [0.25, 0.3) is 0 Å². The average molecular weight is 465 g/mol. The molecule has 0 nitrogen and oxygen atoms in total. The number of rotatable bonds is 4. The van der Waals surface area contributed by atoms with Gasteiger partial charge in [-0.05, 0) is 53.1 Å². The molecule has 0 spiro atoms. The summed E-state index contributed by atoms with van der Waals surface area (Å²) in [5.41, 5.74) is 3.27. The lowest BCUT2D eigenvalue weighted by Gasteiger charge is -1.97. The SMILES string of the molecule is Clc1cccc(/C=C/c2ccccc2Cl)c1.Fc1cccc(/C=C/c2ccccc2F)c1. The van der Waals surface area contributed by atoms with Gasteiger partial charge in [-0.1, -0.05) is 108 Å². The Hall–Kier alpha value is -3.20. The molecule has 4 aromatic carbocycles. The summed E-state index contributed by atoms with van der Waals surface area (Å²) < 4.78 is 26.1. The Kier molecular flexibility index (Phi) is 8.79. The van der Waals surface area contributed by atoms with Gasteiger partial charge in [0.1, 0.15) is 11.6 Å². The first-order valence-electron chi connectivity index (χ1n) is 9.87. The Morgan fingerprint density at radius 1 is 0.531 bits per heavy atom. The molecule has 4 aromatic rings. The number of hydrogen-bond donors (Lipinski definition) is 0. The second-order valence-corrected chi connectivity index (χ2v) is 7.66. The molecule has 0 unspecified atom stereocenters. The van der Waals surface area contributed by atoms with Crippen molar-refractivity contribution in [2.24, 2.45) is 0 Å². The predicted molar refractivity (Wildman–Crippen MR) is 134 cm³/mol. The third kappa shape index (κ3) is 7.49. The van der Waals surface area contributed by atoms with Crippen LogP contribution in [-0.2, 0) is 0 Å². The highest BCUT2D eigenvalue weighted by molar-refractivity contribution is 6.32. The van der Waals surface area contributed by atoms with E-state index in [0.717, 1.165) is 21.2 Å². The van der Waals surface area contributed by atoms with Crippen LogP contribution in [0.4, 0.5) is 8.78 Å². The van der Waals surface area contributed by atoms with E-state index in [-0.39, 0.29) is 11.6 Å². The van der Waals surface area contributed by atoms with Crippen molar-refractivity contribution in [3.63, 3.8) is 0 Å². The molecule has 0 radical (unpaired) electrons. The van der Waals surface area contributed by atoms with Crippen molar-refractivity contribution < 1.29 is 8.78 Å². The first-order chi connectivity index (χ1) is 15.5. The van der Waals surface area contributed by atoms with Crippen molar-refractivity contribution in [2.45, 2.75) is 0 Å². The van der Waals surface area contributed by atoms with Crippen LogP contribution in [0.2, 0.25) is 10.0 Å². The summed E-state index contributed by atoms with van der Waals surface area (Å²) in [7, 11) is 0. The third-order valence-electron chi connectivity index (χ3n) is 4.42. The molecule has 160 valence electrons. The van der Waals surface area contributed by atoms with Crippen molar-refractivity contribution in [2.75, 3.05) is 0 Å². The van der Waals surface area contributed by atoms with Crippen molar-refractivity contribution in [1.29, 1.82) is 0 Å². The number of hydrogen-bond acceptors (Lipinski definition) is 0. The maximum Gasteiger partial charge on any atom is 0.130 e. The van der Waals surface area contributed by atoms with Crippen molar-refractivity contribution >= 4 is 47.5 Å². The zero-order valence-corrected chi connectivity index (χ0v) is 18.6. The monoisotopic (exact) mass is 464 g/mol. The number of halogens is 4. The summed E-state index contributed by atoms with van der Waals surface area (Å²) >= 11 is 11.9. The molecule has 4 heteroatoms. The summed E-state index contributed by atoms with van der Waals surface area (Å²) in [5.74, 6) is -0.578. The van der Waals surface area contributed by atoms with E-state index < -0.39 is 0 Å². The Bertz CT molecular complexity index is 1130. The molecule has 0 aliphatic heterocycles. The topological polar surface area (TPSA) is 0 Å². The molecule has 0 atom stereocenters. The minimum atomic E-state index is -0.296. The zero-order chi connectivity index (χ0) is 22.8. The van der Waals surface area contributed by atoms with E-state index in [1.165, 1.54) is 18.2 Å². The second kappa shape index (κ2) is 12.0. The van der Waals surface area contributed by atoms with Gasteiger partial charge in [0.15, 0.2) is 0 Å². The van der Waals surface area contributed by atoms with Crippen LogP contribution in [0.3, 0.4) is 0 Å². The molecule has 0 bridgehead atoms. The Morgan fingerprint density at radius 3 is 1.78 bits per heavy atom. The fourth-order valence-corrected chi connectivity index (χ4v) is 3.21. The Labute approximate surface area is 197 Å². The standard InChI is InChI=1S/C14H10Cl2.C14H10F2/c2*15-13-6-3-4-11(10-13)8-9-12-5-1-2-7-14(12)16/h2*1-10H/b2*9-8+. The zero-order valence-electron chi connectivity index (χ0n) is 17.1. The van der Waals surface area contributed by atoms with Gasteiger partial charge < -0.3 is 0 Å². The summed E-state index contributed by atoms with van der Waals surface area (Å²) in [6.45, 7) is 0. The first-order valence-corrected chi connectivity index (χ1v) is 10.6. The molecule has 4 rings (SSSR count). The summed E-state index contributed by atoms with van der Waals surface area (Å²) in [4.78, 5) is 0. The van der Waals surface area contributed by atoms with E-state index in [2.05, 4.69) is 0 Å². The molecule has 0 aliphatic rings. The van der Waals surface area contributed by atoms with Crippen LogP contribution >= 0.6 is 23.2 Å². The maximum absolute atomic E-state index is 13.2. The van der Waals surface area contributed by atoms with E-state index in [4.69, 9.17) is 23.2 Å². The number of benzene rings is 4. The first kappa shape index (κ1) is 23.5. The lowest BCUT2D eigenvalue weighted by atomic mass is 10.1. The summed E-state index contributed by atoms with van der Waals surface area (Å²) in [6.07, 6.45) is 7.28. The van der Waals surface area contributed by atoms with Gasteiger partial charge in [-0.15, -0.1) is 0 Å². The lowest BCUT2D eigenvalue weighted by Crippen LogP contribution is -1.80. The van der Waals surface area contributed by atoms with Gasteiger partial charge in [0.2, 0.25) is 0 Å². The molecule has 0 N–H and O–H groups in total. The molecule has 32 heavy (non-hydrogen) atoms. The molecule has 0 aromatic heterocycles. The fraction of sp³-hybridized carbons (Fsp3) is 0. The minimum absolute atomic E-state index is 0.282. The van der Waals surface area contributed by atoms with Crippen LogP contribution in [0.5, 0.6) is 0 Å². The smallest absolute Gasteiger partial charge is 0.130 e. The molecule has 0 fully saturated rings. The quantitative estimate of drug-likeness (QED) is 0.264. The van der Waals surface area contributed by atoms with Crippen molar-refractivity contribution in [3.05, 3.63) is 141 Å². The molecule has 0 saturated carbocycles. The molecule has 0 heterocycles. The van der Waals surface area contributed by atoms with Gasteiger partial charge in [-0.25, -0.2) is 8.78 Å². The minimum Gasteiger partial charge on any atom is -0.207 e. The molecular formula is C28H20Cl2F2. The van der Waals surface area contributed by atoms with Crippen molar-refractivity contribution in [3.8, 4) is 0 Å². The Balaban J connectivity index is 0.000000181. The third-order valence-corrected chi connectivity index (χ3v) is 5.00. The van der Waals surface area contributed by atoms with E-state index >= 15 is 0 Å². The van der Waals surface area contributed by atoms with Crippen LogP contribution in [0.1, 0.15) is 22.3 Å². The Morgan fingerprint density at radius 2 is 1.12 bits per heavy atom. The largest absolute Gasteiger partial charge is 0.207 e. The molecule has 0 amide bonds.